The van der Waals surface area contributed by atoms with Gasteiger partial charge < -0.3 is 0 Å². The molecular formula is C11H19NO2. The molecule has 0 aromatic heterocycles. The Kier molecular flexibility index (Phi) is 4.11. The molecule has 80 valence electrons. The molecule has 0 atom stereocenters. The van der Waals surface area contributed by atoms with E-state index in [1.165, 1.54) is 12.8 Å². The molecular weight excluding hydrogens is 178 g/mol. The lowest BCUT2D eigenvalue weighted by molar-refractivity contribution is -0.428. The number of hydrogen-bond donors (Lipinski definition) is 0. The molecule has 1 saturated carbocycles. The zero-order valence-electron chi connectivity index (χ0n) is 9.03. The van der Waals surface area contributed by atoms with E-state index in [1.54, 1.807) is 0 Å². The zero-order valence-corrected chi connectivity index (χ0v) is 9.03. The normalized spacial score (nSPS) is 28.9. The van der Waals surface area contributed by atoms with Crippen molar-refractivity contribution in [1.29, 1.82) is 0 Å². The lowest BCUT2D eigenvalue weighted by Gasteiger charge is -2.23. The average molecular weight is 197 g/mol. The molecule has 0 N–H and O–H groups in total. The first kappa shape index (κ1) is 11.2. The first-order valence-corrected chi connectivity index (χ1v) is 5.48. The SMILES string of the molecule is CC/C(=C\C1CCC(C)CC1)[N+](=O)[O-]. The fraction of sp³-hybridized carbons (Fsp3) is 0.818. The lowest BCUT2D eigenvalue weighted by Crippen LogP contribution is -2.12. The van der Waals surface area contributed by atoms with Gasteiger partial charge in [0.2, 0.25) is 5.70 Å². The number of rotatable bonds is 3. The molecule has 0 radical (unpaired) electrons. The standard InChI is InChI=1S/C11H19NO2/c1-3-11(12(13)14)8-10-6-4-9(2)5-7-10/h8-10H,3-7H2,1-2H3/b11-8+. The van der Waals surface area contributed by atoms with E-state index in [0.717, 1.165) is 18.8 Å². The van der Waals surface area contributed by atoms with Crippen molar-refractivity contribution in [3.63, 3.8) is 0 Å². The molecule has 0 heterocycles. The topological polar surface area (TPSA) is 43.1 Å². The molecule has 3 heteroatoms. The maximum absolute atomic E-state index is 10.6. The number of nitro groups is 1. The van der Waals surface area contributed by atoms with E-state index in [1.807, 2.05) is 13.0 Å². The molecule has 0 aromatic carbocycles. The third kappa shape index (κ3) is 3.13. The van der Waals surface area contributed by atoms with E-state index < -0.39 is 0 Å². The fourth-order valence-electron chi connectivity index (χ4n) is 2.03. The summed E-state index contributed by atoms with van der Waals surface area (Å²) in [6, 6.07) is 0. The van der Waals surface area contributed by atoms with Crippen LogP contribution in [0.1, 0.15) is 46.0 Å². The van der Waals surface area contributed by atoms with E-state index in [4.69, 9.17) is 0 Å². The number of nitrogens with zero attached hydrogens (tertiary/aromatic N) is 1. The van der Waals surface area contributed by atoms with Crippen molar-refractivity contribution < 1.29 is 4.92 Å². The smallest absolute Gasteiger partial charge is 0.242 e. The van der Waals surface area contributed by atoms with Crippen LogP contribution in [0.4, 0.5) is 0 Å². The summed E-state index contributed by atoms with van der Waals surface area (Å²) >= 11 is 0. The second-order valence-electron chi connectivity index (χ2n) is 4.29. The Morgan fingerprint density at radius 2 is 2.00 bits per heavy atom. The molecule has 0 amide bonds. The van der Waals surface area contributed by atoms with E-state index in [0.29, 0.717) is 18.0 Å². The van der Waals surface area contributed by atoms with E-state index in [9.17, 15) is 10.1 Å². The maximum atomic E-state index is 10.6. The third-order valence-corrected chi connectivity index (χ3v) is 3.09. The summed E-state index contributed by atoms with van der Waals surface area (Å²) in [4.78, 5) is 10.4. The van der Waals surface area contributed by atoms with Crippen molar-refractivity contribution >= 4 is 0 Å². The van der Waals surface area contributed by atoms with Crippen LogP contribution in [-0.2, 0) is 0 Å². The van der Waals surface area contributed by atoms with Crippen molar-refractivity contribution in [2.45, 2.75) is 46.0 Å². The van der Waals surface area contributed by atoms with Crippen molar-refractivity contribution in [1.82, 2.24) is 0 Å². The Morgan fingerprint density at radius 3 is 2.43 bits per heavy atom. The van der Waals surface area contributed by atoms with Crippen LogP contribution in [0, 0.1) is 22.0 Å². The molecule has 1 fully saturated rings. The fourth-order valence-corrected chi connectivity index (χ4v) is 2.03. The van der Waals surface area contributed by atoms with E-state index in [2.05, 4.69) is 6.92 Å². The van der Waals surface area contributed by atoms with E-state index >= 15 is 0 Å². The molecule has 1 aliphatic carbocycles. The average Bonchev–Trinajstić information content (AvgIpc) is 2.16. The highest BCUT2D eigenvalue weighted by Gasteiger charge is 2.19. The summed E-state index contributed by atoms with van der Waals surface area (Å²) in [5.41, 5.74) is 0.393. The van der Waals surface area contributed by atoms with Crippen molar-refractivity contribution in [3.8, 4) is 0 Å². The molecule has 1 aliphatic rings. The summed E-state index contributed by atoms with van der Waals surface area (Å²) in [5, 5.41) is 10.6. The van der Waals surface area contributed by atoms with Crippen molar-refractivity contribution in [2.75, 3.05) is 0 Å². The first-order valence-electron chi connectivity index (χ1n) is 5.48. The van der Waals surface area contributed by atoms with Gasteiger partial charge in [0.15, 0.2) is 0 Å². The van der Waals surface area contributed by atoms with Gasteiger partial charge in [0.25, 0.3) is 0 Å². The van der Waals surface area contributed by atoms with Crippen LogP contribution in [0.5, 0.6) is 0 Å². The van der Waals surface area contributed by atoms with Gasteiger partial charge in [-0.1, -0.05) is 26.7 Å². The molecule has 0 aliphatic heterocycles. The van der Waals surface area contributed by atoms with Crippen LogP contribution >= 0.6 is 0 Å². The van der Waals surface area contributed by atoms with Gasteiger partial charge in [-0.2, -0.15) is 0 Å². The van der Waals surface area contributed by atoms with Gasteiger partial charge in [0.05, 0.1) is 4.92 Å². The van der Waals surface area contributed by atoms with Gasteiger partial charge in [-0.3, -0.25) is 10.1 Å². The monoisotopic (exact) mass is 197 g/mol. The molecule has 0 unspecified atom stereocenters. The van der Waals surface area contributed by atoms with Crippen LogP contribution in [0.2, 0.25) is 0 Å². The molecule has 3 nitrogen and oxygen atoms in total. The summed E-state index contributed by atoms with van der Waals surface area (Å²) in [5.74, 6) is 1.26. The van der Waals surface area contributed by atoms with Crippen LogP contribution in [0.15, 0.2) is 11.8 Å². The van der Waals surface area contributed by atoms with Gasteiger partial charge >= 0.3 is 0 Å². The Morgan fingerprint density at radius 1 is 1.43 bits per heavy atom. The zero-order chi connectivity index (χ0) is 10.6. The summed E-state index contributed by atoms with van der Waals surface area (Å²) in [7, 11) is 0. The van der Waals surface area contributed by atoms with Crippen molar-refractivity contribution in [3.05, 3.63) is 21.9 Å². The van der Waals surface area contributed by atoms with Crippen LogP contribution in [0.25, 0.3) is 0 Å². The minimum absolute atomic E-state index is 0.238. The summed E-state index contributed by atoms with van der Waals surface area (Å²) in [6.45, 7) is 4.11. The Bertz CT molecular complexity index is 227. The van der Waals surface area contributed by atoms with Crippen LogP contribution in [0.3, 0.4) is 0 Å². The number of allylic oxidation sites excluding steroid dienone is 2. The van der Waals surface area contributed by atoms with Gasteiger partial charge in [-0.05, 0) is 30.8 Å². The highest BCUT2D eigenvalue weighted by molar-refractivity contribution is 4.96. The highest BCUT2D eigenvalue weighted by Crippen LogP contribution is 2.30. The van der Waals surface area contributed by atoms with Gasteiger partial charge in [0, 0.05) is 6.42 Å². The molecule has 1 rings (SSSR count). The largest absolute Gasteiger partial charge is 0.259 e. The second-order valence-corrected chi connectivity index (χ2v) is 4.29. The third-order valence-electron chi connectivity index (χ3n) is 3.09. The summed E-state index contributed by atoms with van der Waals surface area (Å²) < 4.78 is 0. The van der Waals surface area contributed by atoms with Crippen LogP contribution in [-0.4, -0.2) is 4.92 Å². The second kappa shape index (κ2) is 5.13. The predicted octanol–water partition coefficient (Wildman–Crippen LogP) is 3.38. The first-order chi connectivity index (χ1) is 6.63. The molecule has 0 aromatic rings. The quantitative estimate of drug-likeness (QED) is 0.514. The molecule has 0 bridgehead atoms. The Labute approximate surface area is 85.3 Å². The maximum Gasteiger partial charge on any atom is 0.242 e. The van der Waals surface area contributed by atoms with Gasteiger partial charge in [-0.15, -0.1) is 0 Å². The number of hydrogen-bond acceptors (Lipinski definition) is 2. The van der Waals surface area contributed by atoms with Gasteiger partial charge in [0.1, 0.15) is 0 Å². The summed E-state index contributed by atoms with van der Waals surface area (Å²) in [6.07, 6.45) is 7.10. The molecule has 0 saturated heterocycles. The van der Waals surface area contributed by atoms with Crippen molar-refractivity contribution in [2.24, 2.45) is 11.8 Å². The van der Waals surface area contributed by atoms with E-state index in [-0.39, 0.29) is 4.92 Å². The minimum Gasteiger partial charge on any atom is -0.259 e. The van der Waals surface area contributed by atoms with Crippen LogP contribution < -0.4 is 0 Å². The predicted molar refractivity (Wildman–Crippen MR) is 56.5 cm³/mol. The minimum atomic E-state index is -0.238. The lowest BCUT2D eigenvalue weighted by atomic mass is 9.82. The Balaban J connectivity index is 2.53. The molecule has 0 spiro atoms. The highest BCUT2D eigenvalue weighted by atomic mass is 16.6. The Hall–Kier alpha value is -0.860. The molecule has 14 heavy (non-hydrogen) atoms. The van der Waals surface area contributed by atoms with Gasteiger partial charge in [-0.25, -0.2) is 0 Å².